The second-order valence-electron chi connectivity index (χ2n) is 4.11. The van der Waals surface area contributed by atoms with Gasteiger partial charge >= 0.3 is 0 Å². The molecule has 8 heteroatoms. The van der Waals surface area contributed by atoms with Crippen molar-refractivity contribution in [3.63, 3.8) is 0 Å². The first-order chi connectivity index (χ1) is 8.69. The number of nitrogens with zero attached hydrogens (tertiary/aromatic N) is 2. The number of nitro benzene ring substituents is 1. The molecule has 1 rings (SSSR count). The highest BCUT2D eigenvalue weighted by molar-refractivity contribution is 7.89. The minimum atomic E-state index is -3.94. The number of hydrogen-bond acceptors (Lipinski definition) is 5. The fourth-order valence-electron chi connectivity index (χ4n) is 1.48. The lowest BCUT2D eigenvalue weighted by Gasteiger charge is -2.10. The second-order valence-corrected chi connectivity index (χ2v) is 5.83. The van der Waals surface area contributed by atoms with E-state index >= 15 is 0 Å². The molecule has 0 fully saturated rings. The van der Waals surface area contributed by atoms with Crippen LogP contribution in [0.5, 0.6) is 0 Å². The number of aryl methyl sites for hydroxylation is 1. The Bertz CT molecular complexity index is 661. The fraction of sp³-hybridized carbons (Fsp3) is 0.364. The van der Waals surface area contributed by atoms with Crippen LogP contribution in [0, 0.1) is 35.3 Å². The van der Waals surface area contributed by atoms with E-state index in [1.54, 1.807) is 19.9 Å². The highest BCUT2D eigenvalue weighted by Crippen LogP contribution is 2.25. The van der Waals surface area contributed by atoms with Crippen molar-refractivity contribution in [2.24, 2.45) is 0 Å². The van der Waals surface area contributed by atoms with Crippen LogP contribution in [-0.2, 0) is 10.0 Å². The van der Waals surface area contributed by atoms with Crippen LogP contribution in [0.25, 0.3) is 0 Å². The quantitative estimate of drug-likeness (QED) is 0.662. The molecule has 0 aliphatic carbocycles. The lowest BCUT2D eigenvalue weighted by Crippen LogP contribution is -2.31. The summed E-state index contributed by atoms with van der Waals surface area (Å²) in [5.74, 6) is 0. The van der Waals surface area contributed by atoms with Gasteiger partial charge in [-0.15, -0.1) is 0 Å². The first kappa shape index (κ1) is 15.1. The summed E-state index contributed by atoms with van der Waals surface area (Å²) in [5, 5.41) is 19.5. The van der Waals surface area contributed by atoms with Crippen molar-refractivity contribution in [3.05, 3.63) is 33.4 Å². The Morgan fingerprint density at radius 3 is 2.47 bits per heavy atom. The lowest BCUT2D eigenvalue weighted by atomic mass is 10.1. The zero-order chi connectivity index (χ0) is 14.8. The van der Waals surface area contributed by atoms with Gasteiger partial charge in [0.05, 0.1) is 15.9 Å². The summed E-state index contributed by atoms with van der Waals surface area (Å²) in [5.41, 5.74) is 0.654. The zero-order valence-corrected chi connectivity index (χ0v) is 11.5. The van der Waals surface area contributed by atoms with Gasteiger partial charge in [-0.1, -0.05) is 0 Å². The Morgan fingerprint density at radius 2 is 2.00 bits per heavy atom. The summed E-state index contributed by atoms with van der Waals surface area (Å²) in [6.45, 7) is 4.53. The molecule has 102 valence electrons. The van der Waals surface area contributed by atoms with Crippen molar-refractivity contribution < 1.29 is 13.3 Å². The molecule has 0 aliphatic rings. The van der Waals surface area contributed by atoms with E-state index in [1.807, 2.05) is 0 Å². The van der Waals surface area contributed by atoms with E-state index in [2.05, 4.69) is 4.72 Å². The molecule has 0 aromatic heterocycles. The summed E-state index contributed by atoms with van der Waals surface area (Å²) in [6, 6.07) is 3.16. The van der Waals surface area contributed by atoms with Gasteiger partial charge in [0.2, 0.25) is 10.0 Å². The van der Waals surface area contributed by atoms with Gasteiger partial charge in [0.1, 0.15) is 6.04 Å². The van der Waals surface area contributed by atoms with E-state index in [1.165, 1.54) is 13.0 Å². The third kappa shape index (κ3) is 3.27. The zero-order valence-electron chi connectivity index (χ0n) is 10.7. The van der Waals surface area contributed by atoms with E-state index in [0.717, 1.165) is 6.07 Å². The summed E-state index contributed by atoms with van der Waals surface area (Å²) in [7, 11) is -3.94. The Morgan fingerprint density at radius 1 is 1.42 bits per heavy atom. The molecule has 1 aromatic carbocycles. The predicted octanol–water partition coefficient (Wildman–Crippen LogP) is 1.40. The standard InChI is InChI=1S/C11H13N3O4S/c1-7-4-10(5-11(9(7)3)14(15)16)19(17,18)13-8(2)6-12/h4-5,8,13H,1-3H3. The Labute approximate surface area is 111 Å². The number of sulfonamides is 1. The summed E-state index contributed by atoms with van der Waals surface area (Å²) in [4.78, 5) is 10.0. The van der Waals surface area contributed by atoms with Crippen LogP contribution in [-0.4, -0.2) is 19.4 Å². The third-order valence-corrected chi connectivity index (χ3v) is 4.17. The molecule has 0 spiro atoms. The van der Waals surface area contributed by atoms with Crippen molar-refractivity contribution >= 4 is 15.7 Å². The van der Waals surface area contributed by atoms with Gasteiger partial charge in [0.25, 0.3) is 5.69 Å². The predicted molar refractivity (Wildman–Crippen MR) is 68.0 cm³/mol. The van der Waals surface area contributed by atoms with Crippen LogP contribution in [0.15, 0.2) is 17.0 Å². The lowest BCUT2D eigenvalue weighted by molar-refractivity contribution is -0.385. The van der Waals surface area contributed by atoms with Gasteiger partial charge in [-0.25, -0.2) is 8.42 Å². The van der Waals surface area contributed by atoms with Gasteiger partial charge in [-0.05, 0) is 32.4 Å². The SMILES string of the molecule is Cc1cc(S(=O)(=O)NC(C)C#N)cc([N+](=O)[O-])c1C. The van der Waals surface area contributed by atoms with E-state index in [4.69, 9.17) is 5.26 Å². The smallest absolute Gasteiger partial charge is 0.258 e. The Balaban J connectivity index is 3.37. The van der Waals surface area contributed by atoms with Gasteiger partial charge in [-0.3, -0.25) is 10.1 Å². The van der Waals surface area contributed by atoms with Gasteiger partial charge < -0.3 is 0 Å². The van der Waals surface area contributed by atoms with Crippen molar-refractivity contribution in [2.45, 2.75) is 31.7 Å². The summed E-state index contributed by atoms with van der Waals surface area (Å²) >= 11 is 0. The summed E-state index contributed by atoms with van der Waals surface area (Å²) < 4.78 is 26.0. The number of rotatable bonds is 4. The monoisotopic (exact) mass is 283 g/mol. The molecule has 1 aromatic rings. The van der Waals surface area contributed by atoms with E-state index in [9.17, 15) is 18.5 Å². The van der Waals surface area contributed by atoms with Crippen LogP contribution in [0.3, 0.4) is 0 Å². The molecule has 1 atom stereocenters. The Kier molecular flexibility index (Phi) is 4.24. The second kappa shape index (κ2) is 5.34. The molecule has 0 saturated carbocycles. The van der Waals surface area contributed by atoms with Crippen LogP contribution >= 0.6 is 0 Å². The van der Waals surface area contributed by atoms with Crippen molar-refractivity contribution in [2.75, 3.05) is 0 Å². The largest absolute Gasteiger partial charge is 0.273 e. The normalized spacial score (nSPS) is 12.7. The molecule has 19 heavy (non-hydrogen) atoms. The molecule has 0 amide bonds. The minimum absolute atomic E-state index is 0.218. The molecule has 0 heterocycles. The van der Waals surface area contributed by atoms with Crippen molar-refractivity contribution in [1.29, 1.82) is 5.26 Å². The Hall–Kier alpha value is -1.98. The molecule has 0 radical (unpaired) electrons. The highest BCUT2D eigenvalue weighted by Gasteiger charge is 2.22. The number of nitriles is 1. The molecule has 7 nitrogen and oxygen atoms in total. The summed E-state index contributed by atoms with van der Waals surface area (Å²) in [6.07, 6.45) is 0. The van der Waals surface area contributed by atoms with Crippen LogP contribution in [0.2, 0.25) is 0 Å². The van der Waals surface area contributed by atoms with Crippen molar-refractivity contribution in [1.82, 2.24) is 4.72 Å². The first-order valence-corrected chi connectivity index (χ1v) is 6.85. The van der Waals surface area contributed by atoms with Crippen LogP contribution in [0.1, 0.15) is 18.1 Å². The number of hydrogen-bond donors (Lipinski definition) is 1. The van der Waals surface area contributed by atoms with Crippen LogP contribution in [0.4, 0.5) is 5.69 Å². The third-order valence-electron chi connectivity index (χ3n) is 2.65. The van der Waals surface area contributed by atoms with Gasteiger partial charge in [0, 0.05) is 11.6 Å². The molecule has 1 unspecified atom stereocenters. The van der Waals surface area contributed by atoms with Gasteiger partial charge in [-0.2, -0.15) is 9.98 Å². The number of nitro groups is 1. The average Bonchev–Trinajstić information content (AvgIpc) is 2.31. The molecule has 0 bridgehead atoms. The molecular weight excluding hydrogens is 270 g/mol. The first-order valence-electron chi connectivity index (χ1n) is 5.36. The number of nitrogens with one attached hydrogen (secondary N) is 1. The van der Waals surface area contributed by atoms with E-state index < -0.39 is 21.0 Å². The highest BCUT2D eigenvalue weighted by atomic mass is 32.2. The molecule has 1 N–H and O–H groups in total. The maximum Gasteiger partial charge on any atom is 0.273 e. The molecule has 0 saturated heterocycles. The van der Waals surface area contributed by atoms with Crippen LogP contribution < -0.4 is 4.72 Å². The van der Waals surface area contributed by atoms with Crippen molar-refractivity contribution in [3.8, 4) is 6.07 Å². The molecular formula is C11H13N3O4S. The van der Waals surface area contributed by atoms with Gasteiger partial charge in [0.15, 0.2) is 0 Å². The average molecular weight is 283 g/mol. The maximum atomic E-state index is 12.0. The van der Waals surface area contributed by atoms with E-state index in [0.29, 0.717) is 11.1 Å². The number of benzene rings is 1. The van der Waals surface area contributed by atoms with E-state index in [-0.39, 0.29) is 10.6 Å². The minimum Gasteiger partial charge on any atom is -0.258 e. The fourth-order valence-corrected chi connectivity index (χ4v) is 2.73. The maximum absolute atomic E-state index is 12.0. The molecule has 0 aliphatic heterocycles. The topological polar surface area (TPSA) is 113 Å².